The lowest BCUT2D eigenvalue weighted by Crippen LogP contribution is -2.31. The van der Waals surface area contributed by atoms with E-state index in [1.165, 1.54) is 6.42 Å². The summed E-state index contributed by atoms with van der Waals surface area (Å²) in [6.07, 6.45) is 10.6. The molecule has 1 aromatic heterocycles. The molecular weight excluding hydrogens is 238 g/mol. The Labute approximate surface area is 107 Å². The molecule has 0 saturated heterocycles. The van der Waals surface area contributed by atoms with Crippen molar-refractivity contribution < 1.29 is 5.21 Å². The van der Waals surface area contributed by atoms with Gasteiger partial charge in [-0.15, -0.1) is 17.6 Å². The zero-order valence-electron chi connectivity index (χ0n) is 9.67. The lowest BCUT2D eigenvalue weighted by Gasteiger charge is -2.34. The summed E-state index contributed by atoms with van der Waals surface area (Å²) >= 11 is 0. The molecule has 1 fully saturated rings. The first-order chi connectivity index (χ1) is 7.78. The molecule has 3 N–H and O–H groups in total. The van der Waals surface area contributed by atoms with Gasteiger partial charge >= 0.3 is 0 Å². The van der Waals surface area contributed by atoms with Crippen LogP contribution in [-0.2, 0) is 5.41 Å². The van der Waals surface area contributed by atoms with Crippen molar-refractivity contribution in [2.24, 2.45) is 5.16 Å². The molecule has 0 radical (unpaired) electrons. The largest absolute Gasteiger partial charge is 0.411 e. The van der Waals surface area contributed by atoms with E-state index in [9.17, 15) is 0 Å². The highest BCUT2D eigenvalue weighted by Crippen LogP contribution is 2.39. The highest BCUT2D eigenvalue weighted by molar-refractivity contribution is 5.85. The van der Waals surface area contributed by atoms with Gasteiger partial charge in [0.2, 0.25) is 0 Å². The fraction of sp³-hybridized carbons (Fsp3) is 0.500. The monoisotopic (exact) mass is 255 g/mol. The smallest absolute Gasteiger partial charge is 0.0542 e. The molecule has 0 atom stereocenters. The fourth-order valence-corrected chi connectivity index (χ4v) is 2.58. The SMILES string of the molecule is Cl.Nc1ccncc1C1(C=NO)CCCCC1. The van der Waals surface area contributed by atoms with Crippen LogP contribution in [0.15, 0.2) is 23.6 Å². The van der Waals surface area contributed by atoms with Crippen molar-refractivity contribution in [2.75, 3.05) is 5.73 Å². The maximum absolute atomic E-state index is 8.84. The minimum absolute atomic E-state index is 0. The topological polar surface area (TPSA) is 71.5 Å². The molecule has 5 heteroatoms. The van der Waals surface area contributed by atoms with Gasteiger partial charge in [-0.05, 0) is 18.9 Å². The summed E-state index contributed by atoms with van der Waals surface area (Å²) in [5, 5.41) is 12.1. The molecule has 0 bridgehead atoms. The average molecular weight is 256 g/mol. The molecule has 1 saturated carbocycles. The highest BCUT2D eigenvalue weighted by Gasteiger charge is 2.34. The number of nitrogens with zero attached hydrogens (tertiary/aromatic N) is 2. The number of nitrogen functional groups attached to an aromatic ring is 1. The molecular formula is C12H18ClN3O. The maximum Gasteiger partial charge on any atom is 0.0542 e. The predicted octanol–water partition coefficient (Wildman–Crippen LogP) is 2.75. The molecule has 94 valence electrons. The van der Waals surface area contributed by atoms with Crippen LogP contribution in [0.3, 0.4) is 0 Å². The van der Waals surface area contributed by atoms with Gasteiger partial charge in [0.05, 0.1) is 6.21 Å². The van der Waals surface area contributed by atoms with Crippen LogP contribution in [0.1, 0.15) is 37.7 Å². The lowest BCUT2D eigenvalue weighted by molar-refractivity contribution is 0.307. The number of hydrogen-bond donors (Lipinski definition) is 2. The minimum atomic E-state index is -0.217. The molecule has 17 heavy (non-hydrogen) atoms. The molecule has 0 amide bonds. The Kier molecular flexibility index (Phi) is 4.75. The zero-order valence-corrected chi connectivity index (χ0v) is 10.5. The van der Waals surface area contributed by atoms with Crippen LogP contribution in [0, 0.1) is 0 Å². The van der Waals surface area contributed by atoms with Crippen LogP contribution < -0.4 is 5.73 Å². The predicted molar refractivity (Wildman–Crippen MR) is 70.9 cm³/mol. The molecule has 1 aliphatic rings. The first kappa shape index (κ1) is 13.8. The number of oxime groups is 1. The zero-order chi connectivity index (χ0) is 11.4. The highest BCUT2D eigenvalue weighted by atomic mass is 35.5. The van der Waals surface area contributed by atoms with E-state index in [0.717, 1.165) is 36.9 Å². The third-order valence-electron chi connectivity index (χ3n) is 3.44. The summed E-state index contributed by atoms with van der Waals surface area (Å²) in [4.78, 5) is 4.12. The Morgan fingerprint density at radius 3 is 2.65 bits per heavy atom. The summed E-state index contributed by atoms with van der Waals surface area (Å²) < 4.78 is 0. The fourth-order valence-electron chi connectivity index (χ4n) is 2.58. The number of hydrogen-bond acceptors (Lipinski definition) is 4. The Morgan fingerprint density at radius 2 is 2.06 bits per heavy atom. The van der Waals surface area contributed by atoms with Crippen LogP contribution in [0.25, 0.3) is 0 Å². The Balaban J connectivity index is 0.00000144. The van der Waals surface area contributed by atoms with Crippen molar-refractivity contribution in [1.29, 1.82) is 0 Å². The summed E-state index contributed by atoms with van der Waals surface area (Å²) in [5.41, 5.74) is 7.49. The number of anilines is 1. The summed E-state index contributed by atoms with van der Waals surface area (Å²) in [6, 6.07) is 1.80. The van der Waals surface area contributed by atoms with Crippen LogP contribution in [0.2, 0.25) is 0 Å². The lowest BCUT2D eigenvalue weighted by atomic mass is 9.70. The number of rotatable bonds is 2. The summed E-state index contributed by atoms with van der Waals surface area (Å²) in [7, 11) is 0. The molecule has 4 nitrogen and oxygen atoms in total. The van der Waals surface area contributed by atoms with Crippen LogP contribution >= 0.6 is 12.4 Å². The van der Waals surface area contributed by atoms with Crippen LogP contribution in [0.4, 0.5) is 5.69 Å². The molecule has 0 aromatic carbocycles. The normalized spacial score (nSPS) is 18.8. The van der Waals surface area contributed by atoms with Crippen LogP contribution in [-0.4, -0.2) is 16.4 Å². The van der Waals surface area contributed by atoms with Crippen LogP contribution in [0.5, 0.6) is 0 Å². The average Bonchev–Trinajstić information content (AvgIpc) is 2.31. The van der Waals surface area contributed by atoms with Crippen molar-refractivity contribution in [2.45, 2.75) is 37.5 Å². The van der Waals surface area contributed by atoms with Crippen molar-refractivity contribution in [1.82, 2.24) is 4.98 Å². The van der Waals surface area contributed by atoms with Crippen molar-refractivity contribution >= 4 is 24.3 Å². The molecule has 1 heterocycles. The Morgan fingerprint density at radius 1 is 1.35 bits per heavy atom. The molecule has 0 unspecified atom stereocenters. The van der Waals surface area contributed by atoms with E-state index >= 15 is 0 Å². The molecule has 0 spiro atoms. The van der Waals surface area contributed by atoms with Gasteiger partial charge in [0.15, 0.2) is 0 Å². The van der Waals surface area contributed by atoms with E-state index < -0.39 is 0 Å². The second kappa shape index (κ2) is 5.87. The third kappa shape index (κ3) is 2.69. The Bertz CT molecular complexity index is 389. The molecule has 0 aliphatic heterocycles. The quantitative estimate of drug-likeness (QED) is 0.485. The first-order valence-corrected chi connectivity index (χ1v) is 5.67. The minimum Gasteiger partial charge on any atom is -0.411 e. The van der Waals surface area contributed by atoms with E-state index in [4.69, 9.17) is 10.9 Å². The van der Waals surface area contributed by atoms with Gasteiger partial charge in [-0.25, -0.2) is 0 Å². The van der Waals surface area contributed by atoms with Gasteiger partial charge in [0.1, 0.15) is 0 Å². The van der Waals surface area contributed by atoms with Gasteiger partial charge < -0.3 is 10.9 Å². The second-order valence-electron chi connectivity index (χ2n) is 4.42. The third-order valence-corrected chi connectivity index (χ3v) is 3.44. The van der Waals surface area contributed by atoms with Gasteiger partial charge in [-0.1, -0.05) is 19.3 Å². The van der Waals surface area contributed by atoms with Gasteiger partial charge in [-0.3, -0.25) is 4.98 Å². The molecule has 1 aliphatic carbocycles. The van der Waals surface area contributed by atoms with E-state index in [2.05, 4.69) is 10.1 Å². The Hall–Kier alpha value is -1.29. The molecule has 1 aromatic rings. The van der Waals surface area contributed by atoms with E-state index in [0.29, 0.717) is 0 Å². The second-order valence-corrected chi connectivity index (χ2v) is 4.42. The van der Waals surface area contributed by atoms with E-state index in [-0.39, 0.29) is 17.8 Å². The summed E-state index contributed by atoms with van der Waals surface area (Å²) in [5.74, 6) is 0. The summed E-state index contributed by atoms with van der Waals surface area (Å²) in [6.45, 7) is 0. The maximum atomic E-state index is 8.84. The van der Waals surface area contributed by atoms with Crippen molar-refractivity contribution in [3.05, 3.63) is 24.0 Å². The van der Waals surface area contributed by atoms with Gasteiger partial charge in [0, 0.05) is 29.1 Å². The number of nitrogens with two attached hydrogens (primary N) is 1. The molecule has 2 rings (SSSR count). The van der Waals surface area contributed by atoms with Crippen molar-refractivity contribution in [3.63, 3.8) is 0 Å². The van der Waals surface area contributed by atoms with Crippen molar-refractivity contribution in [3.8, 4) is 0 Å². The number of pyridine rings is 1. The van der Waals surface area contributed by atoms with Gasteiger partial charge in [-0.2, -0.15) is 0 Å². The van der Waals surface area contributed by atoms with E-state index in [1.54, 1.807) is 24.7 Å². The first-order valence-electron chi connectivity index (χ1n) is 5.67. The number of halogens is 1. The van der Waals surface area contributed by atoms with Gasteiger partial charge in [0.25, 0.3) is 0 Å². The van der Waals surface area contributed by atoms with E-state index in [1.807, 2.05) is 0 Å². The standard InChI is InChI=1S/C12H17N3O.ClH/c13-11-4-7-14-8-10(11)12(9-15-16)5-2-1-3-6-12;/h4,7-9,16H,1-3,5-6H2,(H2,13,14);1H. The number of aromatic nitrogens is 1.